The fourth-order valence-corrected chi connectivity index (χ4v) is 4.14. The van der Waals surface area contributed by atoms with E-state index in [1.165, 1.54) is 6.26 Å². The van der Waals surface area contributed by atoms with Crippen molar-refractivity contribution in [2.75, 3.05) is 35.5 Å². The number of sulfone groups is 1. The Kier molecular flexibility index (Phi) is 5.88. The van der Waals surface area contributed by atoms with Crippen LogP contribution in [0.2, 0.25) is 0 Å². The zero-order valence-electron chi connectivity index (χ0n) is 16.4. The molecule has 0 radical (unpaired) electrons. The molecule has 1 aliphatic carbocycles. The van der Waals surface area contributed by atoms with Crippen molar-refractivity contribution in [1.29, 1.82) is 0 Å². The van der Waals surface area contributed by atoms with Crippen LogP contribution in [0.3, 0.4) is 0 Å². The predicted molar refractivity (Wildman–Crippen MR) is 112 cm³/mol. The Morgan fingerprint density at radius 3 is 2.29 bits per heavy atom. The summed E-state index contributed by atoms with van der Waals surface area (Å²) in [5.41, 5.74) is 2.41. The second kappa shape index (κ2) is 8.18. The number of carbonyl (C=O) groups excluding carboxylic acids is 1. The van der Waals surface area contributed by atoms with Gasteiger partial charge in [0.2, 0.25) is 6.41 Å². The van der Waals surface area contributed by atoms with Crippen LogP contribution in [-0.4, -0.2) is 46.2 Å². The third-order valence-electron chi connectivity index (χ3n) is 5.01. The van der Waals surface area contributed by atoms with Crippen LogP contribution in [0.25, 0.3) is 0 Å². The molecule has 7 nitrogen and oxygen atoms in total. The Labute approximate surface area is 166 Å². The lowest BCUT2D eigenvalue weighted by molar-refractivity contribution is -0.107. The summed E-state index contributed by atoms with van der Waals surface area (Å²) < 4.78 is 23.2. The van der Waals surface area contributed by atoms with Crippen LogP contribution in [0, 0.1) is 0 Å². The van der Waals surface area contributed by atoms with Crippen molar-refractivity contribution in [3.05, 3.63) is 36.5 Å². The average molecular weight is 403 g/mol. The zero-order chi connectivity index (χ0) is 20.3. The Bertz CT molecular complexity index is 936. The molecule has 0 spiro atoms. The van der Waals surface area contributed by atoms with Gasteiger partial charge in [-0.25, -0.2) is 13.4 Å². The van der Waals surface area contributed by atoms with Gasteiger partial charge in [-0.15, -0.1) is 0 Å². The molecule has 0 bridgehead atoms. The van der Waals surface area contributed by atoms with Crippen LogP contribution < -0.4 is 15.1 Å². The monoisotopic (exact) mass is 402 g/mol. The molecule has 150 valence electrons. The second-order valence-electron chi connectivity index (χ2n) is 7.33. The van der Waals surface area contributed by atoms with Crippen LogP contribution in [0.15, 0.2) is 41.4 Å². The van der Waals surface area contributed by atoms with Gasteiger partial charge in [0.05, 0.1) is 22.5 Å². The molecule has 0 aliphatic heterocycles. The summed E-state index contributed by atoms with van der Waals surface area (Å²) in [5.74, 6) is 0.595. The van der Waals surface area contributed by atoms with Gasteiger partial charge in [-0.05, 0) is 37.1 Å². The summed E-state index contributed by atoms with van der Waals surface area (Å²) in [6, 6.07) is 8.59. The SMILES string of the molecule is CN(C)c1cnc(Nc2ccc(S(C)(=O)=O)cc2)cc1N(C=O)C1CCCC1. The molecule has 1 fully saturated rings. The Morgan fingerprint density at radius 2 is 1.75 bits per heavy atom. The van der Waals surface area contributed by atoms with Gasteiger partial charge in [0.25, 0.3) is 0 Å². The van der Waals surface area contributed by atoms with E-state index >= 15 is 0 Å². The zero-order valence-corrected chi connectivity index (χ0v) is 17.2. The van der Waals surface area contributed by atoms with Gasteiger partial charge in [0, 0.05) is 38.1 Å². The number of anilines is 4. The maximum Gasteiger partial charge on any atom is 0.214 e. The van der Waals surface area contributed by atoms with E-state index in [-0.39, 0.29) is 10.9 Å². The number of nitrogens with zero attached hydrogens (tertiary/aromatic N) is 3. The lowest BCUT2D eigenvalue weighted by Crippen LogP contribution is -2.33. The Balaban J connectivity index is 1.91. The van der Waals surface area contributed by atoms with Crippen LogP contribution in [0.5, 0.6) is 0 Å². The van der Waals surface area contributed by atoms with E-state index in [4.69, 9.17) is 0 Å². The third kappa shape index (κ3) is 4.44. The molecule has 1 saturated carbocycles. The number of hydrogen-bond acceptors (Lipinski definition) is 6. The van der Waals surface area contributed by atoms with Crippen molar-refractivity contribution in [2.45, 2.75) is 36.6 Å². The van der Waals surface area contributed by atoms with Crippen molar-refractivity contribution in [3.8, 4) is 0 Å². The first-order valence-electron chi connectivity index (χ1n) is 9.28. The van der Waals surface area contributed by atoms with Gasteiger partial charge in [-0.3, -0.25) is 4.79 Å². The fraction of sp³-hybridized carbons (Fsp3) is 0.400. The molecule has 1 heterocycles. The minimum Gasteiger partial charge on any atom is -0.375 e. The molecule has 8 heteroatoms. The number of aromatic nitrogens is 1. The standard InChI is InChI=1S/C20H26N4O3S/c1-23(2)19-13-21-20(12-18(19)24(14-25)16-6-4-5-7-16)22-15-8-10-17(11-9-15)28(3,26)27/h8-14,16H,4-7H2,1-3H3,(H,21,22). The molecule has 1 N–H and O–H groups in total. The number of pyridine rings is 1. The first-order chi connectivity index (χ1) is 13.3. The molecule has 2 aromatic rings. The highest BCUT2D eigenvalue weighted by atomic mass is 32.2. The van der Waals surface area contributed by atoms with Crippen LogP contribution >= 0.6 is 0 Å². The highest BCUT2D eigenvalue weighted by molar-refractivity contribution is 7.90. The fourth-order valence-electron chi connectivity index (χ4n) is 3.51. The summed E-state index contributed by atoms with van der Waals surface area (Å²) in [6.45, 7) is 0. The normalized spacial score (nSPS) is 14.7. The molecule has 0 atom stereocenters. The summed E-state index contributed by atoms with van der Waals surface area (Å²) in [7, 11) is 0.619. The second-order valence-corrected chi connectivity index (χ2v) is 9.34. The molecular formula is C20H26N4O3S. The minimum atomic E-state index is -3.23. The number of rotatable bonds is 7. The molecule has 3 rings (SSSR count). The van der Waals surface area contributed by atoms with E-state index in [0.29, 0.717) is 5.82 Å². The van der Waals surface area contributed by atoms with Crippen molar-refractivity contribution in [1.82, 2.24) is 4.98 Å². The smallest absolute Gasteiger partial charge is 0.214 e. The molecule has 0 unspecified atom stereocenters. The van der Waals surface area contributed by atoms with Gasteiger partial charge in [-0.1, -0.05) is 12.8 Å². The van der Waals surface area contributed by atoms with E-state index in [1.807, 2.05) is 30.0 Å². The number of benzene rings is 1. The van der Waals surface area contributed by atoms with Gasteiger partial charge in [0.15, 0.2) is 9.84 Å². The molecule has 1 amide bonds. The summed E-state index contributed by atoms with van der Waals surface area (Å²) >= 11 is 0. The first kappa shape index (κ1) is 20.1. The van der Waals surface area contributed by atoms with E-state index in [2.05, 4.69) is 10.3 Å². The lowest BCUT2D eigenvalue weighted by atomic mass is 10.2. The van der Waals surface area contributed by atoms with Crippen molar-refractivity contribution in [3.63, 3.8) is 0 Å². The third-order valence-corrected chi connectivity index (χ3v) is 6.14. The highest BCUT2D eigenvalue weighted by Gasteiger charge is 2.25. The minimum absolute atomic E-state index is 0.209. The van der Waals surface area contributed by atoms with Gasteiger partial charge >= 0.3 is 0 Å². The number of amides is 1. The quantitative estimate of drug-likeness (QED) is 0.716. The highest BCUT2D eigenvalue weighted by Crippen LogP contribution is 2.35. The summed E-state index contributed by atoms with van der Waals surface area (Å²) in [4.78, 5) is 20.4. The number of nitrogens with one attached hydrogen (secondary N) is 1. The topological polar surface area (TPSA) is 82.6 Å². The maximum absolute atomic E-state index is 11.9. The van der Waals surface area contributed by atoms with Crippen LogP contribution in [0.1, 0.15) is 25.7 Å². The van der Waals surface area contributed by atoms with Crippen molar-refractivity contribution in [2.24, 2.45) is 0 Å². The van der Waals surface area contributed by atoms with Crippen molar-refractivity contribution >= 4 is 39.1 Å². The van der Waals surface area contributed by atoms with E-state index in [0.717, 1.165) is 49.2 Å². The van der Waals surface area contributed by atoms with Crippen LogP contribution in [-0.2, 0) is 14.6 Å². The summed E-state index contributed by atoms with van der Waals surface area (Å²) in [5, 5.41) is 3.19. The Morgan fingerprint density at radius 1 is 1.11 bits per heavy atom. The van der Waals surface area contributed by atoms with E-state index in [9.17, 15) is 13.2 Å². The molecule has 28 heavy (non-hydrogen) atoms. The molecule has 1 aliphatic rings. The van der Waals surface area contributed by atoms with Gasteiger partial charge in [-0.2, -0.15) is 0 Å². The first-order valence-corrected chi connectivity index (χ1v) is 11.2. The number of hydrogen-bond donors (Lipinski definition) is 1. The molecule has 1 aromatic carbocycles. The van der Waals surface area contributed by atoms with E-state index in [1.54, 1.807) is 30.5 Å². The Hall–Kier alpha value is -2.61. The van der Waals surface area contributed by atoms with Crippen LogP contribution in [0.4, 0.5) is 22.9 Å². The molecule has 0 saturated heterocycles. The molecule has 1 aromatic heterocycles. The predicted octanol–water partition coefficient (Wildman–Crippen LogP) is 3.20. The largest absolute Gasteiger partial charge is 0.375 e. The lowest BCUT2D eigenvalue weighted by Gasteiger charge is -2.29. The van der Waals surface area contributed by atoms with Gasteiger partial charge in [0.1, 0.15) is 5.82 Å². The summed E-state index contributed by atoms with van der Waals surface area (Å²) in [6.07, 6.45) is 8.11. The van der Waals surface area contributed by atoms with E-state index < -0.39 is 9.84 Å². The number of carbonyl (C=O) groups is 1. The average Bonchev–Trinajstić information content (AvgIpc) is 3.16. The van der Waals surface area contributed by atoms with Gasteiger partial charge < -0.3 is 15.1 Å². The van der Waals surface area contributed by atoms with Crippen molar-refractivity contribution < 1.29 is 13.2 Å². The molecular weight excluding hydrogens is 376 g/mol. The maximum atomic E-state index is 11.9.